The predicted octanol–water partition coefficient (Wildman–Crippen LogP) is 3.68. The van der Waals surface area contributed by atoms with Gasteiger partial charge in [0.25, 0.3) is 0 Å². The van der Waals surface area contributed by atoms with Gasteiger partial charge in [0.1, 0.15) is 5.52 Å². The maximum Gasteiger partial charge on any atom is 0.228 e. The second-order valence-corrected chi connectivity index (χ2v) is 4.89. The molecule has 2 N–H and O–H groups in total. The van der Waals surface area contributed by atoms with Gasteiger partial charge in [-0.15, -0.1) is 0 Å². The van der Waals surface area contributed by atoms with E-state index in [9.17, 15) is 0 Å². The molecule has 1 heterocycles. The van der Waals surface area contributed by atoms with Gasteiger partial charge in [-0.1, -0.05) is 12.1 Å². The summed E-state index contributed by atoms with van der Waals surface area (Å²) < 4.78 is 6.83. The SMILES string of the molecule is Nc1ccc2oc(-c3ccccc3I)nc2c1. The van der Waals surface area contributed by atoms with Crippen LogP contribution in [0.25, 0.3) is 22.6 Å². The van der Waals surface area contributed by atoms with Crippen LogP contribution in [0, 0.1) is 3.57 Å². The number of oxazole rings is 1. The normalized spacial score (nSPS) is 10.9. The lowest BCUT2D eigenvalue weighted by Crippen LogP contribution is -1.83. The van der Waals surface area contributed by atoms with Crippen molar-refractivity contribution in [1.29, 1.82) is 0 Å². The molecule has 0 amide bonds. The van der Waals surface area contributed by atoms with E-state index in [1.54, 1.807) is 0 Å². The van der Waals surface area contributed by atoms with E-state index in [1.165, 1.54) is 0 Å². The van der Waals surface area contributed by atoms with Gasteiger partial charge in [-0.05, 0) is 52.9 Å². The molecule has 0 bridgehead atoms. The average Bonchev–Trinajstić information content (AvgIpc) is 2.72. The first-order chi connectivity index (χ1) is 8.24. The zero-order valence-electron chi connectivity index (χ0n) is 8.85. The molecule has 0 spiro atoms. The van der Waals surface area contributed by atoms with Crippen molar-refractivity contribution in [2.45, 2.75) is 0 Å². The molecule has 0 fully saturated rings. The summed E-state index contributed by atoms with van der Waals surface area (Å²) in [7, 11) is 0. The molecule has 1 aromatic heterocycles. The van der Waals surface area contributed by atoms with Crippen molar-refractivity contribution in [1.82, 2.24) is 4.98 Å². The lowest BCUT2D eigenvalue weighted by molar-refractivity contribution is 0.619. The van der Waals surface area contributed by atoms with E-state index in [-0.39, 0.29) is 0 Å². The first-order valence-corrected chi connectivity index (χ1v) is 6.23. The minimum Gasteiger partial charge on any atom is -0.436 e. The van der Waals surface area contributed by atoms with Crippen molar-refractivity contribution in [2.24, 2.45) is 0 Å². The van der Waals surface area contributed by atoms with E-state index in [4.69, 9.17) is 10.2 Å². The van der Waals surface area contributed by atoms with Gasteiger partial charge in [0.05, 0.1) is 5.56 Å². The zero-order chi connectivity index (χ0) is 11.8. The third-order valence-electron chi connectivity index (χ3n) is 2.52. The quantitative estimate of drug-likeness (QED) is 0.545. The highest BCUT2D eigenvalue weighted by atomic mass is 127. The molecule has 0 aliphatic heterocycles. The van der Waals surface area contributed by atoms with Crippen molar-refractivity contribution in [2.75, 3.05) is 5.73 Å². The van der Waals surface area contributed by atoms with Gasteiger partial charge in [0, 0.05) is 9.26 Å². The molecule has 2 aromatic carbocycles. The summed E-state index contributed by atoms with van der Waals surface area (Å²) in [4.78, 5) is 4.45. The zero-order valence-corrected chi connectivity index (χ0v) is 11.0. The lowest BCUT2D eigenvalue weighted by Gasteiger charge is -1.97. The van der Waals surface area contributed by atoms with Crippen LogP contribution in [-0.4, -0.2) is 4.98 Å². The number of anilines is 1. The van der Waals surface area contributed by atoms with Gasteiger partial charge in [0.15, 0.2) is 5.58 Å². The molecule has 0 atom stereocenters. The summed E-state index contributed by atoms with van der Waals surface area (Å²) in [6.45, 7) is 0. The third-order valence-corrected chi connectivity index (χ3v) is 3.46. The smallest absolute Gasteiger partial charge is 0.228 e. The molecule has 84 valence electrons. The minimum atomic E-state index is 0.635. The molecule has 3 rings (SSSR count). The number of benzene rings is 2. The molecular formula is C13H9IN2O. The Labute approximate surface area is 112 Å². The number of fused-ring (bicyclic) bond motifs is 1. The highest BCUT2D eigenvalue weighted by Gasteiger charge is 2.10. The van der Waals surface area contributed by atoms with Crippen LogP contribution in [0.15, 0.2) is 46.9 Å². The van der Waals surface area contributed by atoms with Crippen LogP contribution >= 0.6 is 22.6 Å². The molecule has 4 heteroatoms. The third kappa shape index (κ3) is 1.88. The summed E-state index contributed by atoms with van der Waals surface area (Å²) in [5.41, 5.74) is 8.97. The van der Waals surface area contributed by atoms with Gasteiger partial charge in [-0.2, -0.15) is 0 Å². The van der Waals surface area contributed by atoms with Crippen molar-refractivity contribution >= 4 is 39.4 Å². The van der Waals surface area contributed by atoms with Crippen LogP contribution < -0.4 is 5.73 Å². The minimum absolute atomic E-state index is 0.635. The number of nitrogens with zero attached hydrogens (tertiary/aromatic N) is 1. The molecule has 0 aliphatic rings. The van der Waals surface area contributed by atoms with E-state index >= 15 is 0 Å². The van der Waals surface area contributed by atoms with Crippen molar-refractivity contribution in [3.8, 4) is 11.5 Å². The van der Waals surface area contributed by atoms with Crippen molar-refractivity contribution in [3.63, 3.8) is 0 Å². The number of nitrogens with two attached hydrogens (primary N) is 1. The Morgan fingerprint density at radius 3 is 2.76 bits per heavy atom. The number of halogens is 1. The summed E-state index contributed by atoms with van der Waals surface area (Å²) in [6, 6.07) is 13.5. The Morgan fingerprint density at radius 2 is 1.94 bits per heavy atom. The van der Waals surface area contributed by atoms with Crippen molar-refractivity contribution in [3.05, 3.63) is 46.0 Å². The summed E-state index contributed by atoms with van der Waals surface area (Å²) >= 11 is 2.27. The number of hydrogen-bond acceptors (Lipinski definition) is 3. The van der Waals surface area contributed by atoms with E-state index in [2.05, 4.69) is 27.6 Å². The molecule has 0 aliphatic carbocycles. The number of nitrogen functional groups attached to an aromatic ring is 1. The second kappa shape index (κ2) is 4.03. The Hall–Kier alpha value is -1.56. The molecule has 17 heavy (non-hydrogen) atoms. The van der Waals surface area contributed by atoms with Crippen LogP contribution in [0.2, 0.25) is 0 Å². The molecule has 0 saturated carbocycles. The van der Waals surface area contributed by atoms with Crippen LogP contribution in [0.4, 0.5) is 5.69 Å². The van der Waals surface area contributed by atoms with Crippen LogP contribution in [0.3, 0.4) is 0 Å². The van der Waals surface area contributed by atoms with E-state index < -0.39 is 0 Å². The molecule has 3 nitrogen and oxygen atoms in total. The van der Waals surface area contributed by atoms with Gasteiger partial charge in [-0.3, -0.25) is 0 Å². The highest BCUT2D eigenvalue weighted by Crippen LogP contribution is 2.28. The van der Waals surface area contributed by atoms with Gasteiger partial charge >= 0.3 is 0 Å². The Morgan fingerprint density at radius 1 is 1.12 bits per heavy atom. The van der Waals surface area contributed by atoms with E-state index in [0.717, 1.165) is 20.2 Å². The number of rotatable bonds is 1. The Bertz CT molecular complexity index is 691. The highest BCUT2D eigenvalue weighted by molar-refractivity contribution is 14.1. The Kier molecular flexibility index (Phi) is 2.51. The molecule has 0 saturated heterocycles. The maximum atomic E-state index is 5.72. The molecule has 0 unspecified atom stereocenters. The summed E-state index contributed by atoms with van der Waals surface area (Å²) in [5, 5.41) is 0. The second-order valence-electron chi connectivity index (χ2n) is 3.73. The molecule has 3 aromatic rings. The van der Waals surface area contributed by atoms with Gasteiger partial charge in [-0.25, -0.2) is 4.98 Å². The van der Waals surface area contributed by atoms with Crippen LogP contribution in [0.1, 0.15) is 0 Å². The fourth-order valence-corrected chi connectivity index (χ4v) is 2.31. The predicted molar refractivity (Wildman–Crippen MR) is 76.6 cm³/mol. The first kappa shape index (κ1) is 10.6. The van der Waals surface area contributed by atoms with Crippen LogP contribution in [0.5, 0.6) is 0 Å². The Balaban J connectivity index is 2.22. The molecular weight excluding hydrogens is 327 g/mol. The standard InChI is InChI=1S/C13H9IN2O/c14-10-4-2-1-3-9(10)13-16-11-7-8(15)5-6-12(11)17-13/h1-7H,15H2. The first-order valence-electron chi connectivity index (χ1n) is 5.15. The van der Waals surface area contributed by atoms with Crippen molar-refractivity contribution < 1.29 is 4.42 Å². The number of aromatic nitrogens is 1. The van der Waals surface area contributed by atoms with Crippen LogP contribution in [-0.2, 0) is 0 Å². The summed E-state index contributed by atoms with van der Waals surface area (Å²) in [6.07, 6.45) is 0. The average molecular weight is 336 g/mol. The number of hydrogen-bond donors (Lipinski definition) is 1. The fourth-order valence-electron chi connectivity index (χ4n) is 1.69. The molecule has 0 radical (unpaired) electrons. The largest absolute Gasteiger partial charge is 0.436 e. The maximum absolute atomic E-state index is 5.72. The van der Waals surface area contributed by atoms with E-state index in [0.29, 0.717) is 11.6 Å². The van der Waals surface area contributed by atoms with E-state index in [1.807, 2.05) is 42.5 Å². The fraction of sp³-hybridized carbons (Fsp3) is 0. The van der Waals surface area contributed by atoms with Gasteiger partial charge in [0.2, 0.25) is 5.89 Å². The monoisotopic (exact) mass is 336 g/mol. The van der Waals surface area contributed by atoms with Gasteiger partial charge < -0.3 is 10.2 Å². The lowest BCUT2D eigenvalue weighted by atomic mass is 10.2. The topological polar surface area (TPSA) is 52.0 Å². The summed E-state index contributed by atoms with van der Waals surface area (Å²) in [5.74, 6) is 0.635.